The molecule has 0 heterocycles. The molecule has 0 saturated heterocycles. The third-order valence-corrected chi connectivity index (χ3v) is 3.61. The van der Waals surface area contributed by atoms with Crippen molar-refractivity contribution in [2.24, 2.45) is 17.4 Å². The van der Waals surface area contributed by atoms with Crippen LogP contribution in [0.2, 0.25) is 10.0 Å². The first kappa shape index (κ1) is 13.8. The van der Waals surface area contributed by atoms with E-state index in [0.717, 1.165) is 6.42 Å². The molecule has 0 radical (unpaired) electrons. The van der Waals surface area contributed by atoms with Crippen LogP contribution in [0.1, 0.15) is 24.8 Å². The van der Waals surface area contributed by atoms with Crippen LogP contribution in [0.5, 0.6) is 0 Å². The Kier molecular flexibility index (Phi) is 5.56. The second kappa shape index (κ2) is 6.45. The third-order valence-electron chi connectivity index (χ3n) is 2.87. The lowest BCUT2D eigenvalue weighted by Gasteiger charge is -2.18. The number of benzene rings is 1. The van der Waals surface area contributed by atoms with Gasteiger partial charge < -0.3 is 11.5 Å². The highest BCUT2D eigenvalue weighted by molar-refractivity contribution is 6.42. The lowest BCUT2D eigenvalue weighted by atomic mass is 9.90. The van der Waals surface area contributed by atoms with Crippen molar-refractivity contribution in [2.45, 2.75) is 19.3 Å². The minimum absolute atomic E-state index is 0.365. The molecule has 0 bridgehead atoms. The highest BCUT2D eigenvalue weighted by Crippen LogP contribution is 2.29. The molecule has 1 aromatic rings. The molecule has 1 unspecified atom stereocenters. The molecule has 0 spiro atoms. The number of halogens is 2. The molecular weight excluding hydrogens is 243 g/mol. The van der Waals surface area contributed by atoms with Crippen molar-refractivity contribution >= 4 is 23.2 Å². The molecule has 0 aliphatic carbocycles. The molecule has 16 heavy (non-hydrogen) atoms. The Bertz CT molecular complexity index is 338. The molecule has 1 atom stereocenters. The fourth-order valence-corrected chi connectivity index (χ4v) is 2.05. The molecule has 0 fully saturated rings. The smallest absolute Gasteiger partial charge is 0.0595 e. The van der Waals surface area contributed by atoms with Gasteiger partial charge in [0, 0.05) is 0 Å². The first-order valence-corrected chi connectivity index (χ1v) is 6.19. The zero-order valence-corrected chi connectivity index (χ0v) is 10.9. The Morgan fingerprint density at radius 1 is 1.12 bits per heavy atom. The Balaban J connectivity index is 2.72. The number of nitrogens with two attached hydrogens (primary N) is 2. The Morgan fingerprint density at radius 2 is 1.75 bits per heavy atom. The summed E-state index contributed by atoms with van der Waals surface area (Å²) in [6, 6.07) is 5.75. The number of rotatable bonds is 5. The molecule has 2 nitrogen and oxygen atoms in total. The van der Waals surface area contributed by atoms with E-state index in [2.05, 4.69) is 6.92 Å². The largest absolute Gasteiger partial charge is 0.330 e. The Hall–Kier alpha value is -0.280. The van der Waals surface area contributed by atoms with Crippen LogP contribution in [-0.2, 0) is 0 Å². The van der Waals surface area contributed by atoms with Gasteiger partial charge in [-0.05, 0) is 49.0 Å². The second-order valence-electron chi connectivity index (χ2n) is 4.15. The number of hydrogen-bond donors (Lipinski definition) is 2. The van der Waals surface area contributed by atoms with Crippen LogP contribution in [0.4, 0.5) is 0 Å². The fourth-order valence-electron chi connectivity index (χ4n) is 1.74. The Morgan fingerprint density at radius 3 is 2.25 bits per heavy atom. The van der Waals surface area contributed by atoms with E-state index in [1.165, 1.54) is 5.56 Å². The van der Waals surface area contributed by atoms with Crippen molar-refractivity contribution in [3.63, 3.8) is 0 Å². The van der Waals surface area contributed by atoms with Gasteiger partial charge in [0.15, 0.2) is 0 Å². The van der Waals surface area contributed by atoms with Gasteiger partial charge in [-0.3, -0.25) is 0 Å². The van der Waals surface area contributed by atoms with Crippen LogP contribution in [0, 0.1) is 5.92 Å². The van der Waals surface area contributed by atoms with Crippen molar-refractivity contribution < 1.29 is 0 Å². The average Bonchev–Trinajstić information content (AvgIpc) is 2.29. The molecule has 0 amide bonds. The third kappa shape index (κ3) is 3.63. The lowest BCUT2D eigenvalue weighted by Crippen LogP contribution is -2.24. The van der Waals surface area contributed by atoms with E-state index in [4.69, 9.17) is 34.7 Å². The summed E-state index contributed by atoms with van der Waals surface area (Å²) in [6.07, 6.45) is 0.977. The first-order chi connectivity index (χ1) is 7.58. The molecule has 90 valence electrons. The lowest BCUT2D eigenvalue weighted by molar-refractivity contribution is 0.465. The summed E-state index contributed by atoms with van der Waals surface area (Å²) < 4.78 is 0. The van der Waals surface area contributed by atoms with Gasteiger partial charge in [0.2, 0.25) is 0 Å². The predicted molar refractivity (Wildman–Crippen MR) is 71.1 cm³/mol. The van der Waals surface area contributed by atoms with Crippen LogP contribution in [0.25, 0.3) is 0 Å². The maximum Gasteiger partial charge on any atom is 0.0595 e. The van der Waals surface area contributed by atoms with Crippen LogP contribution >= 0.6 is 23.2 Å². The van der Waals surface area contributed by atoms with Crippen LogP contribution < -0.4 is 11.5 Å². The molecule has 0 aromatic heterocycles. The van der Waals surface area contributed by atoms with E-state index in [9.17, 15) is 0 Å². The predicted octanol–water partition coefficient (Wildman–Crippen LogP) is 3.02. The van der Waals surface area contributed by atoms with Gasteiger partial charge in [-0.2, -0.15) is 0 Å². The standard InChI is InChI=1S/C12H18Cl2N2/c1-8(4-9(6-15)7-16)10-2-3-11(13)12(14)5-10/h2-3,5,8-9H,4,6-7,15-16H2,1H3. The fraction of sp³-hybridized carbons (Fsp3) is 0.500. The maximum atomic E-state index is 5.98. The summed E-state index contributed by atoms with van der Waals surface area (Å²) in [5.41, 5.74) is 12.5. The van der Waals surface area contributed by atoms with Gasteiger partial charge in [0.25, 0.3) is 0 Å². The molecule has 0 aliphatic rings. The van der Waals surface area contributed by atoms with Gasteiger partial charge in [-0.1, -0.05) is 36.2 Å². The van der Waals surface area contributed by atoms with E-state index < -0.39 is 0 Å². The first-order valence-electron chi connectivity index (χ1n) is 5.43. The van der Waals surface area contributed by atoms with Crippen molar-refractivity contribution in [3.8, 4) is 0 Å². The quantitative estimate of drug-likeness (QED) is 0.856. The van der Waals surface area contributed by atoms with Crippen LogP contribution in [-0.4, -0.2) is 13.1 Å². The molecule has 0 saturated carbocycles. The van der Waals surface area contributed by atoms with Gasteiger partial charge in [0.05, 0.1) is 10.0 Å². The molecule has 1 aromatic carbocycles. The van der Waals surface area contributed by atoms with Gasteiger partial charge in [-0.15, -0.1) is 0 Å². The van der Waals surface area contributed by atoms with E-state index in [0.29, 0.717) is 35.0 Å². The van der Waals surface area contributed by atoms with E-state index in [-0.39, 0.29) is 0 Å². The summed E-state index contributed by atoms with van der Waals surface area (Å²) >= 11 is 11.9. The normalized spacial score (nSPS) is 13.1. The average molecular weight is 261 g/mol. The van der Waals surface area contributed by atoms with Crippen molar-refractivity contribution in [1.29, 1.82) is 0 Å². The van der Waals surface area contributed by atoms with E-state index >= 15 is 0 Å². The van der Waals surface area contributed by atoms with Crippen molar-refractivity contribution in [2.75, 3.05) is 13.1 Å². The van der Waals surface area contributed by atoms with Crippen molar-refractivity contribution in [3.05, 3.63) is 33.8 Å². The van der Waals surface area contributed by atoms with Gasteiger partial charge in [-0.25, -0.2) is 0 Å². The minimum atomic E-state index is 0.365. The highest BCUT2D eigenvalue weighted by atomic mass is 35.5. The summed E-state index contributed by atoms with van der Waals surface area (Å²) in [6.45, 7) is 3.40. The summed E-state index contributed by atoms with van der Waals surface area (Å²) in [5, 5.41) is 1.19. The SMILES string of the molecule is CC(CC(CN)CN)c1ccc(Cl)c(Cl)c1. The second-order valence-corrected chi connectivity index (χ2v) is 4.96. The summed E-state index contributed by atoms with van der Waals surface area (Å²) in [7, 11) is 0. The molecule has 0 aliphatic heterocycles. The van der Waals surface area contributed by atoms with Crippen molar-refractivity contribution in [1.82, 2.24) is 0 Å². The topological polar surface area (TPSA) is 52.0 Å². The maximum absolute atomic E-state index is 5.98. The van der Waals surface area contributed by atoms with E-state index in [1.54, 1.807) is 0 Å². The Labute approximate surface area is 107 Å². The number of hydrogen-bond acceptors (Lipinski definition) is 2. The zero-order valence-electron chi connectivity index (χ0n) is 9.42. The van der Waals surface area contributed by atoms with Gasteiger partial charge >= 0.3 is 0 Å². The highest BCUT2D eigenvalue weighted by Gasteiger charge is 2.13. The molecule has 1 rings (SSSR count). The van der Waals surface area contributed by atoms with E-state index in [1.807, 2.05) is 18.2 Å². The van der Waals surface area contributed by atoms with Crippen LogP contribution in [0.15, 0.2) is 18.2 Å². The minimum Gasteiger partial charge on any atom is -0.330 e. The van der Waals surface area contributed by atoms with Crippen LogP contribution in [0.3, 0.4) is 0 Å². The van der Waals surface area contributed by atoms with Gasteiger partial charge in [0.1, 0.15) is 0 Å². The molecule has 4 heteroatoms. The summed E-state index contributed by atoms with van der Waals surface area (Å²) in [5.74, 6) is 0.760. The molecular formula is C12H18Cl2N2. The summed E-state index contributed by atoms with van der Waals surface area (Å²) in [4.78, 5) is 0. The molecule has 4 N–H and O–H groups in total. The zero-order chi connectivity index (χ0) is 12.1. The monoisotopic (exact) mass is 260 g/mol.